The summed E-state index contributed by atoms with van der Waals surface area (Å²) in [6, 6.07) is 3.84. The Morgan fingerprint density at radius 2 is 2.14 bits per heavy atom. The Morgan fingerprint density at radius 3 is 2.77 bits per heavy atom. The first-order chi connectivity index (χ1) is 10.5. The molecule has 5 nitrogen and oxygen atoms in total. The van der Waals surface area contributed by atoms with Crippen molar-refractivity contribution < 1.29 is 9.59 Å². The molecule has 2 aliphatic rings. The zero-order valence-corrected chi connectivity index (χ0v) is 14.0. The lowest BCUT2D eigenvalue weighted by atomic mass is 9.77. The highest BCUT2D eigenvalue weighted by Crippen LogP contribution is 2.36. The molecule has 1 N–H and O–H groups in total. The van der Waals surface area contributed by atoms with Crippen LogP contribution in [0.4, 0.5) is 4.79 Å². The van der Waals surface area contributed by atoms with Gasteiger partial charge in [-0.2, -0.15) is 0 Å². The Balaban J connectivity index is 1.64. The van der Waals surface area contributed by atoms with Crippen molar-refractivity contribution in [1.82, 2.24) is 15.1 Å². The molecular formula is C16H23N3O2S. The molecule has 3 rings (SSSR count). The van der Waals surface area contributed by atoms with Gasteiger partial charge in [0, 0.05) is 11.4 Å². The predicted octanol–water partition coefficient (Wildman–Crippen LogP) is 2.64. The van der Waals surface area contributed by atoms with Crippen LogP contribution in [0.5, 0.6) is 0 Å². The largest absolute Gasteiger partial charge is 0.326 e. The Labute approximate surface area is 135 Å². The molecule has 6 heteroatoms. The minimum Gasteiger partial charge on any atom is -0.323 e. The van der Waals surface area contributed by atoms with Gasteiger partial charge in [-0.3, -0.25) is 9.69 Å². The van der Waals surface area contributed by atoms with Crippen molar-refractivity contribution in [2.45, 2.75) is 44.7 Å². The summed E-state index contributed by atoms with van der Waals surface area (Å²) in [6.07, 6.45) is 3.55. The van der Waals surface area contributed by atoms with E-state index in [2.05, 4.69) is 18.3 Å². The molecule has 2 fully saturated rings. The smallest absolute Gasteiger partial charge is 0.323 e. The number of urea groups is 1. The maximum Gasteiger partial charge on any atom is 0.326 e. The molecule has 1 spiro atoms. The van der Waals surface area contributed by atoms with Gasteiger partial charge >= 0.3 is 6.03 Å². The molecule has 1 aromatic rings. The molecule has 3 amide bonds. The van der Waals surface area contributed by atoms with Crippen molar-refractivity contribution in [1.29, 1.82) is 0 Å². The van der Waals surface area contributed by atoms with Crippen LogP contribution >= 0.6 is 11.3 Å². The summed E-state index contributed by atoms with van der Waals surface area (Å²) in [5.41, 5.74) is -0.632. The van der Waals surface area contributed by atoms with E-state index in [0.29, 0.717) is 12.6 Å². The number of hydrogen-bond donors (Lipinski definition) is 1. The summed E-state index contributed by atoms with van der Waals surface area (Å²) in [4.78, 5) is 29.6. The normalized spacial score (nSPS) is 28.7. The molecule has 0 unspecified atom stereocenters. The molecule has 1 saturated carbocycles. The van der Waals surface area contributed by atoms with Crippen LogP contribution in [0.1, 0.15) is 37.5 Å². The van der Waals surface area contributed by atoms with Crippen molar-refractivity contribution in [3.05, 3.63) is 22.4 Å². The first kappa shape index (κ1) is 15.5. The first-order valence-corrected chi connectivity index (χ1v) is 8.73. The Bertz CT molecular complexity index is 550. The zero-order chi connectivity index (χ0) is 15.7. The van der Waals surface area contributed by atoms with Gasteiger partial charge in [0.1, 0.15) is 5.54 Å². The van der Waals surface area contributed by atoms with Gasteiger partial charge in [-0.05, 0) is 50.1 Å². The van der Waals surface area contributed by atoms with Crippen molar-refractivity contribution in [2.75, 3.05) is 13.7 Å². The van der Waals surface area contributed by atoms with Gasteiger partial charge in [0.05, 0.1) is 6.67 Å². The fourth-order valence-corrected chi connectivity index (χ4v) is 4.14. The molecule has 0 bridgehead atoms. The quantitative estimate of drug-likeness (QED) is 0.868. The number of carbonyl (C=O) groups is 2. The van der Waals surface area contributed by atoms with E-state index in [1.165, 1.54) is 9.78 Å². The summed E-state index contributed by atoms with van der Waals surface area (Å²) in [6.45, 7) is 3.30. The molecule has 0 atom stereocenters. The number of nitrogens with zero attached hydrogens (tertiary/aromatic N) is 2. The van der Waals surface area contributed by atoms with E-state index in [9.17, 15) is 9.59 Å². The number of hydrogen-bond acceptors (Lipinski definition) is 4. The van der Waals surface area contributed by atoms with Crippen LogP contribution < -0.4 is 5.32 Å². The molecular weight excluding hydrogens is 298 g/mol. The van der Waals surface area contributed by atoms with E-state index in [-0.39, 0.29) is 11.9 Å². The van der Waals surface area contributed by atoms with Crippen LogP contribution in [0.2, 0.25) is 0 Å². The summed E-state index contributed by atoms with van der Waals surface area (Å²) in [5.74, 6) is 0.605. The van der Waals surface area contributed by atoms with E-state index in [4.69, 9.17) is 0 Å². The number of thiophene rings is 1. The lowest BCUT2D eigenvalue weighted by Crippen LogP contribution is -2.49. The molecule has 1 aliphatic carbocycles. The lowest BCUT2D eigenvalue weighted by Gasteiger charge is -2.33. The third kappa shape index (κ3) is 2.90. The topological polar surface area (TPSA) is 52.7 Å². The van der Waals surface area contributed by atoms with Crippen LogP contribution in [0.15, 0.2) is 17.5 Å². The highest BCUT2D eigenvalue weighted by atomic mass is 32.1. The standard InChI is InChI=1S/C16H23N3O2S/c1-12-5-7-16(8-6-12)14(20)19(15(21)17-16)11-18(2)10-13-4-3-9-22-13/h3-4,9,12H,5-8,10-11H2,1-2H3,(H,17,21). The minimum absolute atomic E-state index is 0.0394. The Kier molecular flexibility index (Phi) is 4.23. The fourth-order valence-electron chi connectivity index (χ4n) is 3.36. The number of nitrogens with one attached hydrogen (secondary N) is 1. The second-order valence-electron chi connectivity index (χ2n) is 6.66. The minimum atomic E-state index is -0.632. The summed E-state index contributed by atoms with van der Waals surface area (Å²) in [5, 5.41) is 5.00. The molecule has 0 aromatic carbocycles. The van der Waals surface area contributed by atoms with Gasteiger partial charge < -0.3 is 5.32 Å². The zero-order valence-electron chi connectivity index (χ0n) is 13.2. The molecule has 22 heavy (non-hydrogen) atoms. The number of amides is 3. The highest BCUT2D eigenvalue weighted by molar-refractivity contribution is 7.09. The van der Waals surface area contributed by atoms with Gasteiger partial charge in [-0.1, -0.05) is 13.0 Å². The first-order valence-electron chi connectivity index (χ1n) is 7.85. The Morgan fingerprint density at radius 1 is 1.41 bits per heavy atom. The van der Waals surface area contributed by atoms with Crippen LogP contribution in [0.3, 0.4) is 0 Å². The molecule has 120 valence electrons. The van der Waals surface area contributed by atoms with E-state index in [1.807, 2.05) is 23.4 Å². The Hall–Kier alpha value is -1.40. The van der Waals surface area contributed by atoms with E-state index in [0.717, 1.165) is 32.2 Å². The summed E-state index contributed by atoms with van der Waals surface area (Å²) in [7, 11) is 1.94. The second-order valence-corrected chi connectivity index (χ2v) is 7.70. The molecule has 2 heterocycles. The lowest BCUT2D eigenvalue weighted by molar-refractivity contribution is -0.134. The second kappa shape index (κ2) is 6.01. The third-order valence-corrected chi connectivity index (χ3v) is 5.62. The van der Waals surface area contributed by atoms with E-state index >= 15 is 0 Å². The SMILES string of the molecule is CC1CCC2(CC1)NC(=O)N(CN(C)Cc1cccs1)C2=O. The fraction of sp³-hybridized carbons (Fsp3) is 0.625. The third-order valence-electron chi connectivity index (χ3n) is 4.76. The number of rotatable bonds is 4. The van der Waals surface area contributed by atoms with Crippen LogP contribution in [0.25, 0.3) is 0 Å². The average molecular weight is 321 g/mol. The van der Waals surface area contributed by atoms with Gasteiger partial charge in [-0.25, -0.2) is 9.69 Å². The van der Waals surface area contributed by atoms with Crippen molar-refractivity contribution in [2.24, 2.45) is 5.92 Å². The van der Waals surface area contributed by atoms with Crippen molar-refractivity contribution in [3.8, 4) is 0 Å². The maximum absolute atomic E-state index is 12.8. The highest BCUT2D eigenvalue weighted by Gasteiger charge is 2.52. The summed E-state index contributed by atoms with van der Waals surface area (Å²) < 4.78 is 0. The van der Waals surface area contributed by atoms with Crippen LogP contribution in [0, 0.1) is 5.92 Å². The van der Waals surface area contributed by atoms with Crippen molar-refractivity contribution in [3.63, 3.8) is 0 Å². The van der Waals surface area contributed by atoms with Gasteiger partial charge in [0.2, 0.25) is 0 Å². The number of imide groups is 1. The van der Waals surface area contributed by atoms with Crippen molar-refractivity contribution >= 4 is 23.3 Å². The predicted molar refractivity (Wildman–Crippen MR) is 86.4 cm³/mol. The van der Waals surface area contributed by atoms with E-state index < -0.39 is 5.54 Å². The average Bonchev–Trinajstić information content (AvgIpc) is 3.06. The molecule has 0 radical (unpaired) electrons. The monoisotopic (exact) mass is 321 g/mol. The number of carbonyl (C=O) groups excluding carboxylic acids is 2. The van der Waals surface area contributed by atoms with Crippen LogP contribution in [-0.4, -0.2) is 41.0 Å². The van der Waals surface area contributed by atoms with E-state index in [1.54, 1.807) is 11.3 Å². The molecule has 1 saturated heterocycles. The van der Waals surface area contributed by atoms with Gasteiger partial charge in [-0.15, -0.1) is 11.3 Å². The molecule has 1 aromatic heterocycles. The summed E-state index contributed by atoms with van der Waals surface area (Å²) >= 11 is 1.69. The van der Waals surface area contributed by atoms with Gasteiger partial charge in [0.25, 0.3) is 5.91 Å². The maximum atomic E-state index is 12.8. The van der Waals surface area contributed by atoms with Crippen LogP contribution in [-0.2, 0) is 11.3 Å². The molecule has 1 aliphatic heterocycles. The van der Waals surface area contributed by atoms with Gasteiger partial charge in [0.15, 0.2) is 0 Å².